The molecule has 17 heavy (non-hydrogen) atoms. The highest BCUT2D eigenvalue weighted by Crippen LogP contribution is 2.36. The zero-order valence-corrected chi connectivity index (χ0v) is 8.94. The summed E-state index contributed by atoms with van der Waals surface area (Å²) in [5.41, 5.74) is -0.854. The highest BCUT2D eigenvalue weighted by atomic mass is 19.4. The fourth-order valence-corrected chi connectivity index (χ4v) is 2.39. The van der Waals surface area contributed by atoms with Crippen molar-refractivity contribution in [2.45, 2.75) is 31.5 Å². The predicted molar refractivity (Wildman–Crippen MR) is 54.9 cm³/mol. The molecule has 0 aromatic rings. The zero-order valence-electron chi connectivity index (χ0n) is 8.94. The molecule has 1 heterocycles. The Labute approximate surface area is 96.0 Å². The molecule has 1 aliphatic heterocycles. The van der Waals surface area contributed by atoms with Crippen LogP contribution in [-0.4, -0.2) is 29.0 Å². The highest BCUT2D eigenvalue weighted by molar-refractivity contribution is 6.00. The van der Waals surface area contributed by atoms with Crippen LogP contribution in [0.15, 0.2) is 17.1 Å². The van der Waals surface area contributed by atoms with E-state index in [0.717, 1.165) is 6.08 Å². The lowest BCUT2D eigenvalue weighted by Crippen LogP contribution is -2.35. The first kappa shape index (κ1) is 12.1. The number of aliphatic carboxylic acids is 1. The van der Waals surface area contributed by atoms with Crippen molar-refractivity contribution in [1.29, 1.82) is 0 Å². The Bertz CT molecular complexity index is 387. The van der Waals surface area contributed by atoms with Gasteiger partial charge in [0.1, 0.15) is 5.71 Å². The number of hydrogen-bond acceptors (Lipinski definition) is 2. The molecule has 0 spiro atoms. The van der Waals surface area contributed by atoms with E-state index in [1.165, 1.54) is 6.08 Å². The molecule has 3 nitrogen and oxygen atoms in total. The van der Waals surface area contributed by atoms with Gasteiger partial charge < -0.3 is 5.11 Å². The monoisotopic (exact) mass is 247 g/mol. The lowest BCUT2D eigenvalue weighted by Gasteiger charge is -2.33. The van der Waals surface area contributed by atoms with Crippen LogP contribution >= 0.6 is 0 Å². The van der Waals surface area contributed by atoms with Crippen molar-refractivity contribution in [3.8, 4) is 0 Å². The molecule has 0 amide bonds. The van der Waals surface area contributed by atoms with Gasteiger partial charge in [0.05, 0.1) is 12.0 Å². The molecule has 2 rings (SSSR count). The summed E-state index contributed by atoms with van der Waals surface area (Å²) in [4.78, 5) is 14.5. The van der Waals surface area contributed by atoms with Crippen LogP contribution in [0, 0.1) is 11.8 Å². The number of carboxylic acid groups (broad SMARTS) is 1. The van der Waals surface area contributed by atoms with Crippen LogP contribution < -0.4 is 0 Å². The topological polar surface area (TPSA) is 49.7 Å². The van der Waals surface area contributed by atoms with Gasteiger partial charge in [0.25, 0.3) is 0 Å². The molecule has 0 aromatic carbocycles. The summed E-state index contributed by atoms with van der Waals surface area (Å²) in [5, 5.41) is 8.87. The summed E-state index contributed by atoms with van der Waals surface area (Å²) in [6.45, 7) is 0. The zero-order chi connectivity index (χ0) is 12.6. The number of dihydropyridines is 1. The van der Waals surface area contributed by atoms with Crippen molar-refractivity contribution in [1.82, 2.24) is 0 Å². The molecule has 3 atom stereocenters. The van der Waals surface area contributed by atoms with E-state index in [1.807, 2.05) is 0 Å². The van der Waals surface area contributed by atoms with Gasteiger partial charge in [0.2, 0.25) is 0 Å². The van der Waals surface area contributed by atoms with Gasteiger partial charge >= 0.3 is 12.1 Å². The molecule has 1 aliphatic carbocycles. The van der Waals surface area contributed by atoms with E-state index < -0.39 is 29.8 Å². The van der Waals surface area contributed by atoms with E-state index in [4.69, 9.17) is 5.11 Å². The molecule has 2 aliphatic rings. The van der Waals surface area contributed by atoms with Crippen LogP contribution in [0.2, 0.25) is 0 Å². The number of allylic oxidation sites excluding steroid dienone is 1. The predicted octanol–water partition coefficient (Wildman–Crippen LogP) is 2.43. The van der Waals surface area contributed by atoms with E-state index in [1.54, 1.807) is 0 Å². The number of alkyl halides is 3. The Kier molecular flexibility index (Phi) is 2.97. The van der Waals surface area contributed by atoms with Crippen molar-refractivity contribution < 1.29 is 23.1 Å². The number of rotatable bonds is 1. The minimum absolute atomic E-state index is 0.170. The van der Waals surface area contributed by atoms with Gasteiger partial charge in [-0.25, -0.2) is 0 Å². The maximum absolute atomic E-state index is 12.4. The highest BCUT2D eigenvalue weighted by Gasteiger charge is 2.40. The number of fused-ring (bicyclic) bond motifs is 1. The smallest absolute Gasteiger partial charge is 0.432 e. The standard InChI is InChI=1S/C11H12F3NO2/c12-11(13,14)9-4-2-6-5-7(10(16)17)1-3-8(6)15-9/h2,4,6-8H,1,3,5H2,(H,16,17). The van der Waals surface area contributed by atoms with Crippen molar-refractivity contribution in [2.75, 3.05) is 0 Å². The van der Waals surface area contributed by atoms with E-state index in [9.17, 15) is 18.0 Å². The van der Waals surface area contributed by atoms with Gasteiger partial charge in [-0.05, 0) is 25.3 Å². The fraction of sp³-hybridized carbons (Fsp3) is 0.636. The van der Waals surface area contributed by atoms with E-state index in [0.29, 0.717) is 19.3 Å². The van der Waals surface area contributed by atoms with E-state index >= 15 is 0 Å². The summed E-state index contributed by atoms with van der Waals surface area (Å²) in [6.07, 6.45) is -0.804. The first-order valence-corrected chi connectivity index (χ1v) is 5.44. The number of aliphatic imine (C=N–C) groups is 1. The summed E-state index contributed by atoms with van der Waals surface area (Å²) in [6, 6.07) is -0.410. The number of hydrogen-bond donors (Lipinski definition) is 1. The third kappa shape index (κ3) is 2.50. The third-order valence-corrected chi connectivity index (χ3v) is 3.31. The normalized spacial score (nSPS) is 32.9. The lowest BCUT2D eigenvalue weighted by molar-refractivity contribution is -0.143. The molecule has 1 fully saturated rings. The molecule has 0 radical (unpaired) electrons. The van der Waals surface area contributed by atoms with Crippen molar-refractivity contribution in [3.63, 3.8) is 0 Å². The first-order valence-electron chi connectivity index (χ1n) is 5.44. The summed E-state index contributed by atoms with van der Waals surface area (Å²) >= 11 is 0. The van der Waals surface area contributed by atoms with E-state index in [2.05, 4.69) is 4.99 Å². The quantitative estimate of drug-likeness (QED) is 0.773. The van der Waals surface area contributed by atoms with Crippen LogP contribution in [0.25, 0.3) is 0 Å². The fourth-order valence-electron chi connectivity index (χ4n) is 2.39. The van der Waals surface area contributed by atoms with Gasteiger partial charge in [-0.3, -0.25) is 9.79 Å². The van der Waals surface area contributed by atoms with Crippen LogP contribution in [-0.2, 0) is 4.79 Å². The molecule has 94 valence electrons. The lowest BCUT2D eigenvalue weighted by atomic mass is 9.77. The van der Waals surface area contributed by atoms with Crippen LogP contribution in [0.4, 0.5) is 13.2 Å². The molecule has 3 unspecified atom stereocenters. The molecule has 1 N–H and O–H groups in total. The second-order valence-corrected chi connectivity index (χ2v) is 4.45. The van der Waals surface area contributed by atoms with Gasteiger partial charge in [-0.15, -0.1) is 0 Å². The molecule has 0 saturated heterocycles. The maximum Gasteiger partial charge on any atom is 0.432 e. The summed E-state index contributed by atoms with van der Waals surface area (Å²) in [7, 11) is 0. The maximum atomic E-state index is 12.4. The SMILES string of the molecule is O=C(O)C1CCC2N=C(C(F)(F)F)C=CC2C1. The molecule has 0 bridgehead atoms. The van der Waals surface area contributed by atoms with Crippen LogP contribution in [0.3, 0.4) is 0 Å². The largest absolute Gasteiger partial charge is 0.481 e. The minimum atomic E-state index is -4.41. The average Bonchev–Trinajstić information content (AvgIpc) is 2.26. The van der Waals surface area contributed by atoms with Crippen molar-refractivity contribution in [3.05, 3.63) is 12.2 Å². The average molecular weight is 247 g/mol. The Morgan fingerprint density at radius 3 is 2.71 bits per heavy atom. The van der Waals surface area contributed by atoms with Gasteiger partial charge in [0.15, 0.2) is 0 Å². The Hall–Kier alpha value is -1.33. The molecule has 6 heteroatoms. The number of nitrogens with zero attached hydrogens (tertiary/aromatic N) is 1. The van der Waals surface area contributed by atoms with Crippen LogP contribution in [0.1, 0.15) is 19.3 Å². The molecule has 1 saturated carbocycles. The Morgan fingerprint density at radius 2 is 2.12 bits per heavy atom. The van der Waals surface area contributed by atoms with Crippen molar-refractivity contribution >= 4 is 11.7 Å². The number of carboxylic acids is 1. The second-order valence-electron chi connectivity index (χ2n) is 4.45. The third-order valence-electron chi connectivity index (χ3n) is 3.31. The van der Waals surface area contributed by atoms with Gasteiger partial charge in [0, 0.05) is 5.92 Å². The summed E-state index contributed by atoms with van der Waals surface area (Å²) in [5.74, 6) is -1.50. The Balaban J connectivity index is 2.10. The summed E-state index contributed by atoms with van der Waals surface area (Å²) < 4.78 is 37.3. The number of carbonyl (C=O) groups is 1. The molecule has 0 aromatic heterocycles. The van der Waals surface area contributed by atoms with Crippen molar-refractivity contribution in [2.24, 2.45) is 16.8 Å². The molecular formula is C11H12F3NO2. The van der Waals surface area contributed by atoms with Gasteiger partial charge in [-0.2, -0.15) is 13.2 Å². The van der Waals surface area contributed by atoms with Crippen LogP contribution in [0.5, 0.6) is 0 Å². The Morgan fingerprint density at radius 1 is 1.41 bits per heavy atom. The van der Waals surface area contributed by atoms with Gasteiger partial charge in [-0.1, -0.05) is 6.08 Å². The van der Waals surface area contributed by atoms with E-state index in [-0.39, 0.29) is 5.92 Å². The number of halogens is 3. The molecular weight excluding hydrogens is 235 g/mol. The minimum Gasteiger partial charge on any atom is -0.481 e. The first-order chi connectivity index (χ1) is 7.88. The second kappa shape index (κ2) is 4.16.